The monoisotopic (exact) mass is 392 g/mol. The molecule has 2 aromatic heterocycles. The molecule has 0 saturated heterocycles. The summed E-state index contributed by atoms with van der Waals surface area (Å²) in [6, 6.07) is 12.1. The van der Waals surface area contributed by atoms with Crippen molar-refractivity contribution in [2.75, 3.05) is 32.1 Å². The number of aromatic nitrogens is 2. The average molecular weight is 393 g/mol. The lowest BCUT2D eigenvalue weighted by atomic mass is 10.1. The van der Waals surface area contributed by atoms with Crippen molar-refractivity contribution < 1.29 is 4.79 Å². The summed E-state index contributed by atoms with van der Waals surface area (Å²) in [5, 5.41) is 1.69. The van der Waals surface area contributed by atoms with Gasteiger partial charge in [-0.1, -0.05) is 35.6 Å². The van der Waals surface area contributed by atoms with Crippen molar-refractivity contribution in [2.45, 2.75) is 13.8 Å². The van der Waals surface area contributed by atoms with Crippen molar-refractivity contribution in [3.63, 3.8) is 0 Å². The molecule has 4 rings (SSSR count). The second kappa shape index (κ2) is 7.37. The zero-order chi connectivity index (χ0) is 19.8. The highest BCUT2D eigenvalue weighted by Crippen LogP contribution is 2.33. The van der Waals surface area contributed by atoms with Gasteiger partial charge in [0.1, 0.15) is 0 Å². The number of likely N-dealkylation sites (N-methyl/N-ethyl adjacent to an activating group) is 1. The van der Waals surface area contributed by atoms with Crippen LogP contribution >= 0.6 is 11.3 Å². The number of fused-ring (bicyclic) bond motifs is 2. The maximum atomic E-state index is 13.5. The normalized spacial score (nSPS) is 11.6. The van der Waals surface area contributed by atoms with E-state index in [2.05, 4.69) is 35.9 Å². The SMILES string of the molecule is Cc1ccc2sc(N(CCN(C)C)C(=O)c3c[nH]c4ccccc34)nc2c1C. The first-order valence-corrected chi connectivity index (χ1v) is 10.2. The molecule has 0 saturated carbocycles. The smallest absolute Gasteiger partial charge is 0.262 e. The van der Waals surface area contributed by atoms with Crippen LogP contribution in [0.15, 0.2) is 42.6 Å². The van der Waals surface area contributed by atoms with Crippen molar-refractivity contribution in [1.82, 2.24) is 14.9 Å². The minimum atomic E-state index is -0.0206. The van der Waals surface area contributed by atoms with Crippen LogP contribution in [0.1, 0.15) is 21.5 Å². The predicted molar refractivity (Wildman–Crippen MR) is 118 cm³/mol. The maximum absolute atomic E-state index is 13.5. The molecule has 5 nitrogen and oxygen atoms in total. The third-order valence-electron chi connectivity index (χ3n) is 5.14. The molecule has 0 bridgehead atoms. The van der Waals surface area contributed by atoms with E-state index in [1.807, 2.05) is 43.3 Å². The molecule has 144 valence electrons. The fourth-order valence-electron chi connectivity index (χ4n) is 3.31. The highest BCUT2D eigenvalue weighted by molar-refractivity contribution is 7.22. The summed E-state index contributed by atoms with van der Waals surface area (Å²) in [5.41, 5.74) is 5.02. The average Bonchev–Trinajstić information content (AvgIpc) is 3.29. The molecule has 0 unspecified atom stereocenters. The van der Waals surface area contributed by atoms with Crippen LogP contribution in [-0.4, -0.2) is 48.0 Å². The molecule has 0 aliphatic rings. The van der Waals surface area contributed by atoms with E-state index in [-0.39, 0.29) is 5.91 Å². The number of anilines is 1. The van der Waals surface area contributed by atoms with Crippen LogP contribution in [0, 0.1) is 13.8 Å². The molecule has 1 N–H and O–H groups in total. The number of aryl methyl sites for hydroxylation is 2. The fraction of sp³-hybridized carbons (Fsp3) is 0.273. The first-order chi connectivity index (χ1) is 13.5. The van der Waals surface area contributed by atoms with Gasteiger partial charge in [0, 0.05) is 30.2 Å². The lowest BCUT2D eigenvalue weighted by Crippen LogP contribution is -2.36. The number of para-hydroxylation sites is 1. The number of nitrogens with zero attached hydrogens (tertiary/aromatic N) is 3. The summed E-state index contributed by atoms with van der Waals surface area (Å²) >= 11 is 1.58. The topological polar surface area (TPSA) is 52.2 Å². The van der Waals surface area contributed by atoms with E-state index in [0.717, 1.165) is 32.8 Å². The van der Waals surface area contributed by atoms with Gasteiger partial charge in [-0.2, -0.15) is 0 Å². The van der Waals surface area contributed by atoms with Gasteiger partial charge in [-0.25, -0.2) is 4.98 Å². The van der Waals surface area contributed by atoms with Gasteiger partial charge in [-0.3, -0.25) is 9.69 Å². The van der Waals surface area contributed by atoms with Crippen molar-refractivity contribution in [3.05, 3.63) is 59.3 Å². The van der Waals surface area contributed by atoms with Crippen LogP contribution in [0.4, 0.5) is 5.13 Å². The molecule has 0 atom stereocenters. The number of nitrogens with one attached hydrogen (secondary N) is 1. The molecule has 1 amide bonds. The Bertz CT molecular complexity index is 1160. The molecule has 2 aromatic carbocycles. The Morgan fingerprint density at radius 1 is 1.11 bits per heavy atom. The number of aromatic amines is 1. The molecular weight excluding hydrogens is 368 g/mol. The van der Waals surface area contributed by atoms with Gasteiger partial charge in [0.05, 0.1) is 15.8 Å². The van der Waals surface area contributed by atoms with Crippen molar-refractivity contribution in [2.24, 2.45) is 0 Å². The second-order valence-electron chi connectivity index (χ2n) is 7.36. The highest BCUT2D eigenvalue weighted by Gasteiger charge is 2.24. The molecule has 0 spiro atoms. The van der Waals surface area contributed by atoms with Crippen LogP contribution in [0.25, 0.3) is 21.1 Å². The number of hydrogen-bond donors (Lipinski definition) is 1. The number of thiazole rings is 1. The van der Waals surface area contributed by atoms with Crippen LogP contribution in [0.5, 0.6) is 0 Å². The van der Waals surface area contributed by atoms with Gasteiger partial charge in [-0.05, 0) is 51.2 Å². The first kappa shape index (κ1) is 18.7. The molecule has 0 radical (unpaired) electrons. The summed E-state index contributed by atoms with van der Waals surface area (Å²) in [6.07, 6.45) is 1.80. The van der Waals surface area contributed by atoms with E-state index >= 15 is 0 Å². The van der Waals surface area contributed by atoms with Crippen molar-refractivity contribution in [1.29, 1.82) is 0 Å². The minimum absolute atomic E-state index is 0.0206. The zero-order valence-electron chi connectivity index (χ0n) is 16.6. The fourth-order valence-corrected chi connectivity index (χ4v) is 4.36. The van der Waals surface area contributed by atoms with Gasteiger partial charge >= 0.3 is 0 Å². The predicted octanol–water partition coefficient (Wildman–Crippen LogP) is 4.60. The third kappa shape index (κ3) is 3.30. The lowest BCUT2D eigenvalue weighted by Gasteiger charge is -2.21. The summed E-state index contributed by atoms with van der Waals surface area (Å²) in [5.74, 6) is -0.0206. The molecule has 0 aliphatic heterocycles. The van der Waals surface area contributed by atoms with Crippen molar-refractivity contribution >= 4 is 43.5 Å². The number of H-pyrrole nitrogens is 1. The van der Waals surface area contributed by atoms with Crippen molar-refractivity contribution in [3.8, 4) is 0 Å². The number of carbonyl (C=O) groups excluding carboxylic acids is 1. The number of benzene rings is 2. The zero-order valence-corrected chi connectivity index (χ0v) is 17.4. The quantitative estimate of drug-likeness (QED) is 0.540. The van der Waals surface area contributed by atoms with E-state index in [1.54, 1.807) is 17.5 Å². The lowest BCUT2D eigenvalue weighted by molar-refractivity contribution is 0.0987. The Morgan fingerprint density at radius 2 is 1.89 bits per heavy atom. The van der Waals surface area contributed by atoms with E-state index in [0.29, 0.717) is 12.1 Å². The van der Waals surface area contributed by atoms with Gasteiger partial charge < -0.3 is 9.88 Å². The van der Waals surface area contributed by atoms with E-state index in [4.69, 9.17) is 4.98 Å². The number of rotatable bonds is 5. The second-order valence-corrected chi connectivity index (χ2v) is 8.37. The molecular formula is C22H24N4OS. The van der Waals surface area contributed by atoms with Crippen LogP contribution in [0.3, 0.4) is 0 Å². The number of hydrogen-bond acceptors (Lipinski definition) is 4. The molecule has 0 fully saturated rings. The number of carbonyl (C=O) groups is 1. The maximum Gasteiger partial charge on any atom is 0.262 e. The Morgan fingerprint density at radius 3 is 2.68 bits per heavy atom. The van der Waals surface area contributed by atoms with E-state index < -0.39 is 0 Å². The molecule has 0 aliphatic carbocycles. The van der Waals surface area contributed by atoms with Gasteiger partial charge in [0.25, 0.3) is 5.91 Å². The molecule has 4 aromatic rings. The van der Waals surface area contributed by atoms with E-state index in [9.17, 15) is 4.79 Å². The Balaban J connectivity index is 1.79. The van der Waals surface area contributed by atoms with Crippen LogP contribution < -0.4 is 4.90 Å². The Labute approximate surface area is 168 Å². The Hall–Kier alpha value is -2.70. The summed E-state index contributed by atoms with van der Waals surface area (Å²) in [4.78, 5) is 25.5. The summed E-state index contributed by atoms with van der Waals surface area (Å²) < 4.78 is 1.11. The first-order valence-electron chi connectivity index (χ1n) is 9.35. The van der Waals surface area contributed by atoms with Gasteiger partial charge in [0.2, 0.25) is 0 Å². The Kier molecular flexibility index (Phi) is 4.91. The molecule has 2 heterocycles. The summed E-state index contributed by atoms with van der Waals surface area (Å²) in [7, 11) is 4.03. The minimum Gasteiger partial charge on any atom is -0.360 e. The van der Waals surface area contributed by atoms with Crippen LogP contribution in [0.2, 0.25) is 0 Å². The molecule has 28 heavy (non-hydrogen) atoms. The third-order valence-corrected chi connectivity index (χ3v) is 6.18. The van der Waals surface area contributed by atoms with Crippen LogP contribution in [-0.2, 0) is 0 Å². The molecule has 6 heteroatoms. The summed E-state index contributed by atoms with van der Waals surface area (Å²) in [6.45, 7) is 5.53. The standard InChI is InChI=1S/C22H24N4OS/c1-14-9-10-19-20(15(14)2)24-22(28-19)26(12-11-25(3)4)21(27)17-13-23-18-8-6-5-7-16(17)18/h5-10,13,23H,11-12H2,1-4H3. The van der Waals surface area contributed by atoms with Gasteiger partial charge in [0.15, 0.2) is 5.13 Å². The van der Waals surface area contributed by atoms with Gasteiger partial charge in [-0.15, -0.1) is 0 Å². The largest absolute Gasteiger partial charge is 0.360 e. The highest BCUT2D eigenvalue weighted by atomic mass is 32.1. The van der Waals surface area contributed by atoms with E-state index in [1.165, 1.54) is 11.1 Å². The number of amides is 1.